The van der Waals surface area contributed by atoms with Crippen molar-refractivity contribution in [2.45, 2.75) is 45.6 Å². The Hall–Kier alpha value is 0.0300. The average molecular weight is 352 g/mol. The number of amides is 1. The Kier molecular flexibility index (Phi) is 12.5. The number of piperidine rings is 1. The van der Waals surface area contributed by atoms with Crippen molar-refractivity contribution in [2.24, 2.45) is 17.6 Å². The third-order valence-electron chi connectivity index (χ3n) is 4.11. The van der Waals surface area contributed by atoms with Gasteiger partial charge in [-0.05, 0) is 56.1 Å². The summed E-state index contributed by atoms with van der Waals surface area (Å²) in [6, 6.07) is -0.346. The third-order valence-corrected chi connectivity index (χ3v) is 4.76. The minimum absolute atomic E-state index is 0. The topological polar surface area (TPSA) is 58.4 Å². The van der Waals surface area contributed by atoms with Crippen LogP contribution in [0.15, 0.2) is 0 Å². The van der Waals surface area contributed by atoms with E-state index in [0.717, 1.165) is 49.9 Å². The molecule has 1 saturated heterocycles. The normalized spacial score (nSPS) is 23.6. The largest absolute Gasteiger partial charge is 0.355 e. The van der Waals surface area contributed by atoms with Gasteiger partial charge < -0.3 is 16.0 Å². The molecule has 0 saturated carbocycles. The Morgan fingerprint density at radius 1 is 1.32 bits per heavy atom. The van der Waals surface area contributed by atoms with Crippen molar-refractivity contribution < 1.29 is 4.79 Å². The molecule has 0 aliphatic carbocycles. The van der Waals surface area contributed by atoms with Gasteiger partial charge in [-0.3, -0.25) is 4.79 Å². The second-order valence-electron chi connectivity index (χ2n) is 6.59. The fourth-order valence-electron chi connectivity index (χ4n) is 3.15. The summed E-state index contributed by atoms with van der Waals surface area (Å²) >= 11 is 1.73. The van der Waals surface area contributed by atoms with E-state index in [1.165, 1.54) is 19.5 Å². The van der Waals surface area contributed by atoms with Crippen molar-refractivity contribution in [3.8, 4) is 0 Å². The molecular formula is C16H34ClN3OS. The van der Waals surface area contributed by atoms with Gasteiger partial charge in [0.05, 0.1) is 6.04 Å². The number of halogens is 1. The number of thioether (sulfide) groups is 1. The van der Waals surface area contributed by atoms with Gasteiger partial charge in [-0.25, -0.2) is 0 Å². The molecule has 4 nitrogen and oxygen atoms in total. The Morgan fingerprint density at radius 2 is 1.95 bits per heavy atom. The van der Waals surface area contributed by atoms with E-state index < -0.39 is 0 Å². The van der Waals surface area contributed by atoms with Crippen LogP contribution in [0.4, 0.5) is 0 Å². The van der Waals surface area contributed by atoms with Gasteiger partial charge in [0.1, 0.15) is 0 Å². The summed E-state index contributed by atoms with van der Waals surface area (Å²) in [5, 5.41) is 2.95. The molecule has 3 atom stereocenters. The van der Waals surface area contributed by atoms with Gasteiger partial charge in [-0.15, -0.1) is 12.4 Å². The van der Waals surface area contributed by atoms with E-state index in [2.05, 4.69) is 24.1 Å². The Labute approximate surface area is 146 Å². The lowest BCUT2D eigenvalue weighted by atomic mass is 9.92. The van der Waals surface area contributed by atoms with Gasteiger partial charge in [-0.2, -0.15) is 11.8 Å². The maximum Gasteiger partial charge on any atom is 0.236 e. The monoisotopic (exact) mass is 351 g/mol. The Morgan fingerprint density at radius 3 is 2.55 bits per heavy atom. The van der Waals surface area contributed by atoms with Gasteiger partial charge in [-0.1, -0.05) is 13.8 Å². The van der Waals surface area contributed by atoms with Gasteiger partial charge in [0.2, 0.25) is 5.91 Å². The number of hydrogen-bond donors (Lipinski definition) is 2. The second kappa shape index (κ2) is 12.5. The predicted octanol–water partition coefficient (Wildman–Crippen LogP) is 2.36. The number of nitrogens with two attached hydrogens (primary N) is 1. The van der Waals surface area contributed by atoms with Crippen molar-refractivity contribution in [1.82, 2.24) is 10.2 Å². The lowest BCUT2D eigenvalue weighted by molar-refractivity contribution is -0.122. The quantitative estimate of drug-likeness (QED) is 0.626. The molecule has 1 aliphatic rings. The maximum absolute atomic E-state index is 11.7. The highest BCUT2D eigenvalue weighted by molar-refractivity contribution is 7.98. The number of rotatable bonds is 9. The van der Waals surface area contributed by atoms with Crippen LogP contribution in [-0.4, -0.2) is 55.0 Å². The summed E-state index contributed by atoms with van der Waals surface area (Å²) < 4.78 is 0. The summed E-state index contributed by atoms with van der Waals surface area (Å²) in [5.74, 6) is 2.59. The number of likely N-dealkylation sites (tertiary alicyclic amines) is 1. The van der Waals surface area contributed by atoms with Gasteiger partial charge in [0.15, 0.2) is 0 Å². The Balaban J connectivity index is 0.00000441. The minimum atomic E-state index is -0.346. The minimum Gasteiger partial charge on any atom is -0.355 e. The predicted molar refractivity (Wildman–Crippen MR) is 99.9 cm³/mol. The van der Waals surface area contributed by atoms with Crippen molar-refractivity contribution in [3.05, 3.63) is 0 Å². The molecule has 0 radical (unpaired) electrons. The summed E-state index contributed by atoms with van der Waals surface area (Å²) in [4.78, 5) is 14.3. The second-order valence-corrected chi connectivity index (χ2v) is 7.58. The molecule has 1 heterocycles. The zero-order valence-corrected chi connectivity index (χ0v) is 16.0. The molecule has 22 heavy (non-hydrogen) atoms. The van der Waals surface area contributed by atoms with Crippen molar-refractivity contribution >= 4 is 30.1 Å². The van der Waals surface area contributed by atoms with E-state index in [0.29, 0.717) is 0 Å². The van der Waals surface area contributed by atoms with Crippen LogP contribution < -0.4 is 11.1 Å². The first-order valence-corrected chi connectivity index (χ1v) is 9.67. The molecule has 1 rings (SSSR count). The number of nitrogens with zero attached hydrogens (tertiary/aromatic N) is 1. The molecule has 1 amide bonds. The van der Waals surface area contributed by atoms with E-state index in [1.807, 2.05) is 6.26 Å². The van der Waals surface area contributed by atoms with Crippen molar-refractivity contribution in [3.63, 3.8) is 0 Å². The smallest absolute Gasteiger partial charge is 0.236 e. The first-order chi connectivity index (χ1) is 10.0. The molecule has 1 fully saturated rings. The van der Waals surface area contributed by atoms with E-state index in [4.69, 9.17) is 5.73 Å². The molecule has 0 bridgehead atoms. The van der Waals surface area contributed by atoms with Crippen LogP contribution in [0, 0.1) is 11.8 Å². The molecule has 0 spiro atoms. The maximum atomic E-state index is 11.7. The fraction of sp³-hybridized carbons (Fsp3) is 0.938. The van der Waals surface area contributed by atoms with E-state index in [-0.39, 0.29) is 24.4 Å². The zero-order chi connectivity index (χ0) is 15.7. The number of hydrogen-bond acceptors (Lipinski definition) is 4. The zero-order valence-electron chi connectivity index (χ0n) is 14.3. The fourth-order valence-corrected chi connectivity index (χ4v) is 3.64. The van der Waals surface area contributed by atoms with E-state index in [9.17, 15) is 4.79 Å². The summed E-state index contributed by atoms with van der Waals surface area (Å²) in [7, 11) is 0. The van der Waals surface area contributed by atoms with Crippen LogP contribution in [0.1, 0.15) is 39.5 Å². The van der Waals surface area contributed by atoms with Gasteiger partial charge >= 0.3 is 0 Å². The lowest BCUT2D eigenvalue weighted by Gasteiger charge is -2.34. The highest BCUT2D eigenvalue weighted by Gasteiger charge is 2.21. The molecule has 3 N–H and O–H groups in total. The molecule has 0 aromatic rings. The SMILES string of the molecule is CSCC[C@H](N)C(=O)NCCCCN1CC(C)CC(C)C1.Cl. The van der Waals surface area contributed by atoms with Crippen LogP contribution in [0.3, 0.4) is 0 Å². The van der Waals surface area contributed by atoms with Gasteiger partial charge in [0.25, 0.3) is 0 Å². The van der Waals surface area contributed by atoms with E-state index >= 15 is 0 Å². The molecule has 1 aliphatic heterocycles. The standard InChI is InChI=1S/C16H33N3OS.ClH/c1-13-10-14(2)12-19(11-13)8-5-4-7-18-16(20)15(17)6-9-21-3;/h13-15H,4-12,17H2,1-3H3,(H,18,20);1H/t13?,14?,15-;/m0./s1. The third kappa shape index (κ3) is 9.23. The highest BCUT2D eigenvalue weighted by atomic mass is 35.5. The Bertz CT molecular complexity index is 297. The summed E-state index contributed by atoms with van der Waals surface area (Å²) in [5.41, 5.74) is 5.83. The molecular weight excluding hydrogens is 318 g/mol. The molecule has 6 heteroatoms. The number of unbranched alkanes of at least 4 members (excludes halogenated alkanes) is 1. The average Bonchev–Trinajstić information content (AvgIpc) is 2.43. The van der Waals surface area contributed by atoms with Crippen LogP contribution in [0.25, 0.3) is 0 Å². The molecule has 0 aromatic heterocycles. The lowest BCUT2D eigenvalue weighted by Crippen LogP contribution is -2.41. The summed E-state index contributed by atoms with van der Waals surface area (Å²) in [6.45, 7) is 9.07. The van der Waals surface area contributed by atoms with Crippen LogP contribution in [0.2, 0.25) is 0 Å². The molecule has 2 unspecified atom stereocenters. The first-order valence-electron chi connectivity index (χ1n) is 8.27. The van der Waals surface area contributed by atoms with Crippen LogP contribution >= 0.6 is 24.2 Å². The highest BCUT2D eigenvalue weighted by Crippen LogP contribution is 2.20. The summed E-state index contributed by atoms with van der Waals surface area (Å²) in [6.07, 6.45) is 6.35. The first kappa shape index (κ1) is 22.0. The number of carbonyl (C=O) groups is 1. The number of carbonyl (C=O) groups excluding carboxylic acids is 1. The molecule has 0 aromatic carbocycles. The van der Waals surface area contributed by atoms with Gasteiger partial charge in [0, 0.05) is 19.6 Å². The van der Waals surface area contributed by atoms with Crippen molar-refractivity contribution in [1.29, 1.82) is 0 Å². The number of nitrogens with one attached hydrogen (secondary N) is 1. The molecule has 132 valence electrons. The van der Waals surface area contributed by atoms with Crippen LogP contribution in [0.5, 0.6) is 0 Å². The van der Waals surface area contributed by atoms with E-state index in [1.54, 1.807) is 11.8 Å². The van der Waals surface area contributed by atoms with Crippen molar-refractivity contribution in [2.75, 3.05) is 38.2 Å². The van der Waals surface area contributed by atoms with Crippen LogP contribution in [-0.2, 0) is 4.79 Å².